The van der Waals surface area contributed by atoms with E-state index in [-0.39, 0.29) is 0 Å². The molecule has 0 atom stereocenters. The summed E-state index contributed by atoms with van der Waals surface area (Å²) in [6.07, 6.45) is 10.2. The van der Waals surface area contributed by atoms with Gasteiger partial charge in [0.15, 0.2) is 21.6 Å². The quantitative estimate of drug-likeness (QED) is 0.115. The van der Waals surface area contributed by atoms with Gasteiger partial charge in [0.1, 0.15) is 28.5 Å². The molecule has 8 rings (SSSR count). The first-order valence-corrected chi connectivity index (χ1v) is 18.2. The molecule has 2 aromatic carbocycles. The number of hydrogen-bond donors (Lipinski definition) is 3. The molecule has 12 heteroatoms. The summed E-state index contributed by atoms with van der Waals surface area (Å²) in [7, 11) is 0. The maximum absolute atomic E-state index is 4.79. The molecule has 1 fully saturated rings. The zero-order valence-corrected chi connectivity index (χ0v) is 28.9. The van der Waals surface area contributed by atoms with Gasteiger partial charge in [-0.25, -0.2) is 29.9 Å². The van der Waals surface area contributed by atoms with E-state index in [0.717, 1.165) is 59.9 Å². The molecule has 0 amide bonds. The minimum atomic E-state index is 0.400. The van der Waals surface area contributed by atoms with Crippen LogP contribution in [0.15, 0.2) is 60.6 Å². The number of nitrogens with one attached hydrogen (secondary N) is 3. The Labute approximate surface area is 283 Å². The summed E-state index contributed by atoms with van der Waals surface area (Å²) in [4.78, 5) is 28.4. The van der Waals surface area contributed by atoms with E-state index in [1.165, 1.54) is 47.9 Å². The zero-order valence-electron chi connectivity index (χ0n) is 25.1. The molecule has 4 heterocycles. The molecule has 0 saturated heterocycles. The van der Waals surface area contributed by atoms with Crippen LogP contribution < -0.4 is 16.0 Å². The SMILES string of the molecule is Cc1cccc(C)c1Nc1nc2c(NC3CCC(I)CC3)ncnc2s1.c1ccc2c(c1)CC(Nc1ncnc3scnc13)C2. The molecule has 0 aliphatic heterocycles. The Morgan fingerprint density at radius 1 is 0.711 bits per heavy atom. The number of benzene rings is 2. The van der Waals surface area contributed by atoms with Crippen LogP contribution in [0.5, 0.6) is 0 Å². The third-order valence-electron chi connectivity index (χ3n) is 8.43. The molecule has 1 saturated carbocycles. The molecular weight excluding hydrogens is 713 g/mol. The van der Waals surface area contributed by atoms with Crippen LogP contribution in [0.3, 0.4) is 0 Å². The van der Waals surface area contributed by atoms with Gasteiger partial charge in [-0.3, -0.25) is 0 Å². The Hall–Kier alpha value is -3.49. The normalized spacial score (nSPS) is 17.9. The van der Waals surface area contributed by atoms with Crippen molar-refractivity contribution in [1.82, 2.24) is 29.9 Å². The molecule has 0 unspecified atom stereocenters. The van der Waals surface area contributed by atoms with Gasteiger partial charge in [0, 0.05) is 21.7 Å². The highest BCUT2D eigenvalue weighted by molar-refractivity contribution is 14.1. The van der Waals surface area contributed by atoms with Gasteiger partial charge in [0.2, 0.25) is 0 Å². The van der Waals surface area contributed by atoms with Crippen molar-refractivity contribution in [2.24, 2.45) is 0 Å². The number of aryl methyl sites for hydroxylation is 2. The molecule has 6 aromatic rings. The van der Waals surface area contributed by atoms with E-state index in [2.05, 4.69) is 120 Å². The second kappa shape index (κ2) is 13.5. The van der Waals surface area contributed by atoms with E-state index in [4.69, 9.17) is 4.98 Å². The lowest BCUT2D eigenvalue weighted by Crippen LogP contribution is -2.26. The first-order chi connectivity index (χ1) is 22.0. The lowest BCUT2D eigenvalue weighted by Gasteiger charge is -2.26. The number of halogens is 1. The molecule has 2 aliphatic rings. The number of aromatic nitrogens is 6. The highest BCUT2D eigenvalue weighted by atomic mass is 127. The average Bonchev–Trinajstić information content (AvgIpc) is 3.79. The van der Waals surface area contributed by atoms with Crippen LogP contribution in [0.2, 0.25) is 0 Å². The van der Waals surface area contributed by atoms with Crippen LogP contribution in [0.4, 0.5) is 22.5 Å². The summed E-state index contributed by atoms with van der Waals surface area (Å²) in [6, 6.07) is 15.8. The molecule has 230 valence electrons. The van der Waals surface area contributed by atoms with Crippen molar-refractivity contribution < 1.29 is 0 Å². The van der Waals surface area contributed by atoms with Crippen LogP contribution in [-0.4, -0.2) is 45.9 Å². The maximum atomic E-state index is 4.79. The van der Waals surface area contributed by atoms with Crippen molar-refractivity contribution >= 4 is 88.4 Å². The number of rotatable bonds is 6. The highest BCUT2D eigenvalue weighted by Crippen LogP contribution is 2.34. The minimum absolute atomic E-state index is 0.400. The largest absolute Gasteiger partial charge is 0.365 e. The van der Waals surface area contributed by atoms with E-state index in [0.29, 0.717) is 12.1 Å². The third kappa shape index (κ3) is 6.87. The lowest BCUT2D eigenvalue weighted by molar-refractivity contribution is 0.482. The molecule has 0 spiro atoms. The van der Waals surface area contributed by atoms with Gasteiger partial charge >= 0.3 is 0 Å². The van der Waals surface area contributed by atoms with Crippen LogP contribution in [0.25, 0.3) is 20.7 Å². The highest BCUT2D eigenvalue weighted by Gasteiger charge is 2.23. The van der Waals surface area contributed by atoms with E-state index in [9.17, 15) is 0 Å². The number of alkyl halides is 1. The summed E-state index contributed by atoms with van der Waals surface area (Å²) in [5.74, 6) is 1.71. The van der Waals surface area contributed by atoms with Crippen molar-refractivity contribution in [3.63, 3.8) is 0 Å². The fourth-order valence-electron chi connectivity index (χ4n) is 6.08. The minimum Gasteiger partial charge on any atom is -0.365 e. The van der Waals surface area contributed by atoms with E-state index in [1.807, 2.05) is 5.51 Å². The van der Waals surface area contributed by atoms with Gasteiger partial charge in [-0.15, -0.1) is 11.3 Å². The summed E-state index contributed by atoms with van der Waals surface area (Å²) >= 11 is 5.67. The Morgan fingerprint density at radius 2 is 1.36 bits per heavy atom. The number of nitrogens with zero attached hydrogens (tertiary/aromatic N) is 6. The van der Waals surface area contributed by atoms with Crippen molar-refractivity contribution in [1.29, 1.82) is 0 Å². The number of anilines is 4. The average molecular weight is 748 g/mol. The molecule has 0 radical (unpaired) electrons. The summed E-state index contributed by atoms with van der Waals surface area (Å²) in [6.45, 7) is 4.22. The second-order valence-electron chi connectivity index (χ2n) is 11.6. The third-order valence-corrected chi connectivity index (χ3v) is 11.3. The topological polar surface area (TPSA) is 113 Å². The Morgan fingerprint density at radius 3 is 2.07 bits per heavy atom. The van der Waals surface area contributed by atoms with Gasteiger partial charge in [0.25, 0.3) is 0 Å². The molecule has 4 aromatic heterocycles. The van der Waals surface area contributed by atoms with Crippen LogP contribution in [0, 0.1) is 13.8 Å². The zero-order chi connectivity index (χ0) is 30.8. The lowest BCUT2D eigenvalue weighted by atomic mass is 9.95. The standard InChI is InChI=1S/C19H22IN5S.C14H12N4S/c1-11-4-3-5-12(2)15(11)24-19-25-16-17(21-10-22-18(16)26-19)23-14-8-6-13(20)7-9-14;1-2-4-10-6-11(5-9(10)3-1)18-13-12-14(16-7-15-13)19-8-17-12/h3-5,10,13-14H,6-9H2,1-2H3,(H,24,25)(H,21,22,23);1-4,7-8,11H,5-6H2,(H,15,16,18). The van der Waals surface area contributed by atoms with E-state index < -0.39 is 0 Å². The first-order valence-electron chi connectivity index (χ1n) is 15.2. The van der Waals surface area contributed by atoms with Crippen LogP contribution in [-0.2, 0) is 12.8 Å². The van der Waals surface area contributed by atoms with Crippen molar-refractivity contribution in [3.05, 3.63) is 82.9 Å². The summed E-state index contributed by atoms with van der Waals surface area (Å²) < 4.78 is 0.809. The number of para-hydroxylation sites is 1. The Kier molecular flexibility index (Phi) is 9.04. The maximum Gasteiger partial charge on any atom is 0.189 e. The fourth-order valence-corrected chi connectivity index (χ4v) is 8.23. The monoisotopic (exact) mass is 747 g/mol. The van der Waals surface area contributed by atoms with E-state index in [1.54, 1.807) is 35.3 Å². The Balaban J connectivity index is 0.000000151. The molecule has 0 bridgehead atoms. The fraction of sp³-hybridized carbons (Fsp3) is 0.333. The van der Waals surface area contributed by atoms with Crippen molar-refractivity contribution in [2.75, 3.05) is 16.0 Å². The van der Waals surface area contributed by atoms with Crippen molar-refractivity contribution in [3.8, 4) is 0 Å². The van der Waals surface area contributed by atoms with Gasteiger partial charge in [-0.05, 0) is 74.6 Å². The second-order valence-corrected chi connectivity index (χ2v) is 15.2. The summed E-state index contributed by atoms with van der Waals surface area (Å²) in [5, 5.41) is 11.5. The molecule has 3 N–H and O–H groups in total. The predicted molar refractivity (Wildman–Crippen MR) is 195 cm³/mol. The smallest absolute Gasteiger partial charge is 0.189 e. The van der Waals surface area contributed by atoms with Crippen LogP contribution >= 0.6 is 45.3 Å². The molecule has 9 nitrogen and oxygen atoms in total. The number of hydrogen-bond acceptors (Lipinski definition) is 11. The van der Waals surface area contributed by atoms with Crippen molar-refractivity contribution in [2.45, 2.75) is 68.4 Å². The van der Waals surface area contributed by atoms with E-state index >= 15 is 0 Å². The molecular formula is C33H34IN9S2. The number of fused-ring (bicyclic) bond motifs is 3. The van der Waals surface area contributed by atoms with Crippen LogP contribution in [0.1, 0.15) is 47.9 Å². The summed E-state index contributed by atoms with van der Waals surface area (Å²) in [5.41, 5.74) is 9.97. The van der Waals surface area contributed by atoms with Gasteiger partial charge in [-0.2, -0.15) is 0 Å². The predicted octanol–water partition coefficient (Wildman–Crippen LogP) is 8.27. The van der Waals surface area contributed by atoms with Gasteiger partial charge in [-0.1, -0.05) is 76.4 Å². The molecule has 2 aliphatic carbocycles. The Bertz CT molecular complexity index is 1890. The molecule has 45 heavy (non-hydrogen) atoms. The first kappa shape index (κ1) is 30.2. The van der Waals surface area contributed by atoms with Gasteiger partial charge in [0.05, 0.1) is 5.51 Å². The number of thiazole rings is 2. The van der Waals surface area contributed by atoms with Gasteiger partial charge < -0.3 is 16.0 Å².